The van der Waals surface area contributed by atoms with Crippen LogP contribution in [0.15, 0.2) is 29.3 Å². The fourth-order valence-corrected chi connectivity index (χ4v) is 3.33. The first-order chi connectivity index (χ1) is 13.5. The highest BCUT2D eigenvalue weighted by Gasteiger charge is 2.32. The molecule has 0 radical (unpaired) electrons. The maximum absolute atomic E-state index is 12.6. The minimum atomic E-state index is -4.33. The monoisotopic (exact) mass is 523 g/mol. The van der Waals surface area contributed by atoms with E-state index in [1.807, 2.05) is 0 Å². The van der Waals surface area contributed by atoms with E-state index in [1.165, 1.54) is 12.1 Å². The highest BCUT2D eigenvalue weighted by Crippen LogP contribution is 2.28. The van der Waals surface area contributed by atoms with Gasteiger partial charge in [0.2, 0.25) is 0 Å². The lowest BCUT2D eigenvalue weighted by Gasteiger charge is -2.36. The molecule has 2 atom stereocenters. The molecule has 160 valence electrons. The fourth-order valence-electron chi connectivity index (χ4n) is 3.33. The quantitative estimate of drug-likeness (QED) is 0.280. The smallest absolute Gasteiger partial charge is 0.375 e. The van der Waals surface area contributed by atoms with Crippen LogP contribution in [-0.4, -0.2) is 63.0 Å². The molecule has 2 aliphatic rings. The number of halogens is 4. The number of nitrogens with one attached hydrogen (secondary N) is 1. The number of aliphatic imine (C=N–C) groups is 1. The van der Waals surface area contributed by atoms with Crippen molar-refractivity contribution < 1.29 is 22.6 Å². The Bertz CT molecular complexity index is 738. The van der Waals surface area contributed by atoms with E-state index in [9.17, 15) is 13.2 Å². The molecule has 1 N–H and O–H groups in total. The van der Waals surface area contributed by atoms with Crippen molar-refractivity contribution in [2.45, 2.75) is 31.2 Å². The summed E-state index contributed by atoms with van der Waals surface area (Å²) in [6, 6.07) is 4.82. The molecule has 0 saturated carbocycles. The van der Waals surface area contributed by atoms with E-state index in [1.54, 1.807) is 7.05 Å². The lowest BCUT2D eigenvalue weighted by molar-refractivity contribution is -0.137. The number of ether oxygens (including phenoxy) is 2. The molecule has 2 heterocycles. The third-order valence-corrected chi connectivity index (χ3v) is 4.76. The summed E-state index contributed by atoms with van der Waals surface area (Å²) in [5, 5.41) is 3.18. The summed E-state index contributed by atoms with van der Waals surface area (Å²) in [7, 11) is 1.71. The van der Waals surface area contributed by atoms with E-state index in [4.69, 9.17) is 9.47 Å². The number of benzene rings is 1. The van der Waals surface area contributed by atoms with E-state index in [0.717, 1.165) is 44.1 Å². The third kappa shape index (κ3) is 6.76. The molecule has 29 heavy (non-hydrogen) atoms. The maximum atomic E-state index is 12.6. The van der Waals surface area contributed by atoms with Gasteiger partial charge in [0.05, 0.1) is 24.8 Å². The largest absolute Gasteiger partial charge is 0.416 e. The SMILES string of the molecule is CN=C(NCC#Cc1ccc(C(F)(F)F)cc1)N1CCOC(C2CCCO2)C1.I. The van der Waals surface area contributed by atoms with Gasteiger partial charge in [-0.05, 0) is 37.1 Å². The average Bonchev–Trinajstić information content (AvgIpc) is 3.23. The van der Waals surface area contributed by atoms with Crippen LogP contribution in [0.3, 0.4) is 0 Å². The Hall–Kier alpha value is -1.51. The van der Waals surface area contributed by atoms with Crippen LogP contribution in [0.4, 0.5) is 13.2 Å². The minimum Gasteiger partial charge on any atom is -0.375 e. The van der Waals surface area contributed by atoms with Gasteiger partial charge in [-0.3, -0.25) is 4.99 Å². The van der Waals surface area contributed by atoms with Crippen LogP contribution in [0.2, 0.25) is 0 Å². The standard InChI is InChI=1S/C20H24F3N3O2.HI/c1-24-19(26-11-13-28-18(14-26)17-5-3-12-27-17)25-10-2-4-15-6-8-16(9-7-15)20(21,22)23;/h6-9,17-18H,3,5,10-14H2,1H3,(H,24,25);1H. The van der Waals surface area contributed by atoms with Crippen molar-refractivity contribution in [2.75, 3.05) is 39.9 Å². The second-order valence-electron chi connectivity index (χ2n) is 6.68. The highest BCUT2D eigenvalue weighted by atomic mass is 127. The summed E-state index contributed by atoms with van der Waals surface area (Å²) >= 11 is 0. The molecule has 0 aromatic heterocycles. The topological polar surface area (TPSA) is 46.1 Å². The molecule has 2 unspecified atom stereocenters. The zero-order valence-corrected chi connectivity index (χ0v) is 18.5. The first-order valence-electron chi connectivity index (χ1n) is 9.32. The summed E-state index contributed by atoms with van der Waals surface area (Å²) in [6.45, 7) is 3.18. The fraction of sp³-hybridized carbons (Fsp3) is 0.550. The lowest BCUT2D eigenvalue weighted by Crippen LogP contribution is -2.53. The lowest BCUT2D eigenvalue weighted by atomic mass is 10.1. The van der Waals surface area contributed by atoms with Gasteiger partial charge in [-0.25, -0.2) is 0 Å². The number of nitrogens with zero attached hydrogens (tertiary/aromatic N) is 2. The molecule has 5 nitrogen and oxygen atoms in total. The normalized spacial score (nSPS) is 22.5. The number of guanidine groups is 1. The van der Waals surface area contributed by atoms with E-state index in [0.29, 0.717) is 25.3 Å². The van der Waals surface area contributed by atoms with Crippen LogP contribution in [-0.2, 0) is 15.7 Å². The van der Waals surface area contributed by atoms with Gasteiger partial charge in [0.1, 0.15) is 6.10 Å². The Balaban J connectivity index is 0.00000300. The molecule has 0 amide bonds. The number of morpholine rings is 1. The number of hydrogen-bond donors (Lipinski definition) is 1. The van der Waals surface area contributed by atoms with Crippen molar-refractivity contribution in [3.63, 3.8) is 0 Å². The zero-order valence-electron chi connectivity index (χ0n) is 16.2. The predicted octanol–water partition coefficient (Wildman–Crippen LogP) is 3.13. The van der Waals surface area contributed by atoms with Gasteiger partial charge in [-0.15, -0.1) is 24.0 Å². The van der Waals surface area contributed by atoms with Crippen molar-refractivity contribution in [1.29, 1.82) is 0 Å². The zero-order chi connectivity index (χ0) is 20.0. The number of hydrogen-bond acceptors (Lipinski definition) is 3. The molecule has 1 aromatic rings. The van der Waals surface area contributed by atoms with Crippen LogP contribution in [0.1, 0.15) is 24.0 Å². The third-order valence-electron chi connectivity index (χ3n) is 4.76. The summed E-state index contributed by atoms with van der Waals surface area (Å²) in [6.07, 6.45) is -2.08. The summed E-state index contributed by atoms with van der Waals surface area (Å²) in [4.78, 5) is 6.42. The Morgan fingerprint density at radius 3 is 2.55 bits per heavy atom. The van der Waals surface area contributed by atoms with Crippen LogP contribution in [0.25, 0.3) is 0 Å². The Morgan fingerprint density at radius 2 is 1.93 bits per heavy atom. The van der Waals surface area contributed by atoms with Crippen LogP contribution >= 0.6 is 24.0 Å². The van der Waals surface area contributed by atoms with Crippen molar-refractivity contribution in [1.82, 2.24) is 10.2 Å². The van der Waals surface area contributed by atoms with Gasteiger partial charge in [-0.1, -0.05) is 11.8 Å². The Labute approximate surface area is 186 Å². The Kier molecular flexibility index (Phi) is 9.04. The summed E-state index contributed by atoms with van der Waals surface area (Å²) in [5.74, 6) is 6.52. The first-order valence-corrected chi connectivity index (χ1v) is 9.32. The molecule has 0 spiro atoms. The first kappa shape index (κ1) is 23.8. The molecule has 2 aliphatic heterocycles. The van der Waals surface area contributed by atoms with Crippen molar-refractivity contribution in [3.05, 3.63) is 35.4 Å². The van der Waals surface area contributed by atoms with E-state index < -0.39 is 11.7 Å². The average molecular weight is 523 g/mol. The highest BCUT2D eigenvalue weighted by molar-refractivity contribution is 14.0. The van der Waals surface area contributed by atoms with Crippen LogP contribution in [0.5, 0.6) is 0 Å². The van der Waals surface area contributed by atoms with Crippen molar-refractivity contribution in [3.8, 4) is 11.8 Å². The van der Waals surface area contributed by atoms with Gasteiger partial charge in [-0.2, -0.15) is 13.2 Å². The molecule has 0 aliphatic carbocycles. The molecule has 2 fully saturated rings. The van der Waals surface area contributed by atoms with Gasteiger partial charge in [0.15, 0.2) is 5.96 Å². The van der Waals surface area contributed by atoms with E-state index in [-0.39, 0.29) is 36.2 Å². The molecule has 2 saturated heterocycles. The summed E-state index contributed by atoms with van der Waals surface area (Å²) < 4.78 is 49.3. The molecular formula is C20H25F3IN3O2. The maximum Gasteiger partial charge on any atom is 0.416 e. The van der Waals surface area contributed by atoms with Crippen LogP contribution in [0, 0.1) is 11.8 Å². The molecule has 1 aromatic carbocycles. The Morgan fingerprint density at radius 1 is 1.21 bits per heavy atom. The van der Waals surface area contributed by atoms with Crippen molar-refractivity contribution in [2.24, 2.45) is 4.99 Å². The van der Waals surface area contributed by atoms with Crippen molar-refractivity contribution >= 4 is 29.9 Å². The molecule has 3 rings (SSSR count). The molecule has 0 bridgehead atoms. The number of alkyl halides is 3. The molecular weight excluding hydrogens is 498 g/mol. The molecule has 9 heteroatoms. The predicted molar refractivity (Wildman–Crippen MR) is 115 cm³/mol. The van der Waals surface area contributed by atoms with E-state index >= 15 is 0 Å². The van der Waals surface area contributed by atoms with Gasteiger partial charge in [0, 0.05) is 32.3 Å². The number of rotatable bonds is 2. The van der Waals surface area contributed by atoms with E-state index in [2.05, 4.69) is 27.0 Å². The van der Waals surface area contributed by atoms with Crippen LogP contribution < -0.4 is 5.32 Å². The second-order valence-corrected chi connectivity index (χ2v) is 6.68. The second kappa shape index (κ2) is 11.0. The summed E-state index contributed by atoms with van der Waals surface area (Å²) in [5.41, 5.74) is -0.140. The van der Waals surface area contributed by atoms with Gasteiger partial charge < -0.3 is 19.7 Å². The minimum absolute atomic E-state index is 0. The van der Waals surface area contributed by atoms with Gasteiger partial charge >= 0.3 is 6.18 Å². The van der Waals surface area contributed by atoms with Gasteiger partial charge in [0.25, 0.3) is 0 Å².